The third-order valence-corrected chi connectivity index (χ3v) is 7.09. The molecule has 1 aromatic rings. The third-order valence-electron chi connectivity index (χ3n) is 7.09. The average Bonchev–Trinajstić information content (AvgIpc) is 3.15. The number of aliphatic hydroxyl groups is 1. The standard InChI is InChI=1S/C25H37NO6/c1-16(5-3-8-24(28)29)32-25(30)15-31-22-7-4-6-18-13-20-17(11-12-23(27)26-2)9-10-19(20)14-21(18)22/h4,6-7,16-17,19-20,23,26-27H,3,5,8-15H2,1-2H3,(H,28,29). The second-order valence-electron chi connectivity index (χ2n) is 9.32. The van der Waals surface area contributed by atoms with Crippen LogP contribution in [0.25, 0.3) is 0 Å². The van der Waals surface area contributed by atoms with Gasteiger partial charge in [0.05, 0.1) is 6.10 Å². The van der Waals surface area contributed by atoms with E-state index in [1.54, 1.807) is 14.0 Å². The molecule has 0 radical (unpaired) electrons. The summed E-state index contributed by atoms with van der Waals surface area (Å²) in [5.74, 6) is 1.43. The van der Waals surface area contributed by atoms with Crippen LogP contribution in [0.15, 0.2) is 18.2 Å². The van der Waals surface area contributed by atoms with Crippen LogP contribution in [-0.4, -0.2) is 48.1 Å². The molecule has 0 saturated heterocycles. The van der Waals surface area contributed by atoms with Crippen molar-refractivity contribution in [2.45, 2.75) is 77.0 Å². The first-order valence-corrected chi connectivity index (χ1v) is 11.9. The zero-order valence-electron chi connectivity index (χ0n) is 19.2. The van der Waals surface area contributed by atoms with Crippen LogP contribution in [0.4, 0.5) is 0 Å². The molecule has 32 heavy (non-hydrogen) atoms. The van der Waals surface area contributed by atoms with Crippen molar-refractivity contribution >= 4 is 11.9 Å². The van der Waals surface area contributed by atoms with Gasteiger partial charge in [0.1, 0.15) is 12.0 Å². The van der Waals surface area contributed by atoms with E-state index in [4.69, 9.17) is 14.6 Å². The third kappa shape index (κ3) is 6.69. The highest BCUT2D eigenvalue weighted by Gasteiger charge is 2.39. The maximum atomic E-state index is 12.2. The van der Waals surface area contributed by atoms with E-state index in [1.165, 1.54) is 24.0 Å². The summed E-state index contributed by atoms with van der Waals surface area (Å²) in [6, 6.07) is 6.08. The number of nitrogens with one attached hydrogen (secondary N) is 1. The highest BCUT2D eigenvalue weighted by Crippen LogP contribution is 2.48. The number of hydrogen-bond acceptors (Lipinski definition) is 6. The summed E-state index contributed by atoms with van der Waals surface area (Å²) in [5, 5.41) is 21.5. The summed E-state index contributed by atoms with van der Waals surface area (Å²) in [4.78, 5) is 22.8. The van der Waals surface area contributed by atoms with Crippen LogP contribution in [0.3, 0.4) is 0 Å². The average molecular weight is 448 g/mol. The number of carboxylic acid groups (broad SMARTS) is 1. The number of ether oxygens (including phenoxy) is 2. The van der Waals surface area contributed by atoms with Gasteiger partial charge in [0.2, 0.25) is 0 Å². The maximum absolute atomic E-state index is 12.2. The number of carbonyl (C=O) groups excluding carboxylic acids is 1. The highest BCUT2D eigenvalue weighted by atomic mass is 16.6. The first-order chi connectivity index (χ1) is 15.4. The van der Waals surface area contributed by atoms with Crippen molar-refractivity contribution in [1.82, 2.24) is 5.32 Å². The molecule has 3 rings (SSSR count). The smallest absolute Gasteiger partial charge is 0.344 e. The van der Waals surface area contributed by atoms with Crippen LogP contribution >= 0.6 is 0 Å². The first kappa shape index (κ1) is 24.5. The molecule has 5 unspecified atom stereocenters. The molecule has 2 aliphatic rings. The minimum absolute atomic E-state index is 0.0770. The lowest BCUT2D eigenvalue weighted by Gasteiger charge is -2.32. The number of carbonyl (C=O) groups is 2. The predicted molar refractivity (Wildman–Crippen MR) is 120 cm³/mol. The number of aliphatic hydroxyl groups excluding tert-OH is 1. The predicted octanol–water partition coefficient (Wildman–Crippen LogP) is 3.31. The Morgan fingerprint density at radius 3 is 2.78 bits per heavy atom. The van der Waals surface area contributed by atoms with Gasteiger partial charge in [0, 0.05) is 6.42 Å². The molecule has 0 amide bonds. The van der Waals surface area contributed by atoms with E-state index >= 15 is 0 Å². The fraction of sp³-hybridized carbons (Fsp3) is 0.680. The lowest BCUT2D eigenvalue weighted by atomic mass is 9.74. The summed E-state index contributed by atoms with van der Waals surface area (Å²) in [7, 11) is 1.79. The summed E-state index contributed by atoms with van der Waals surface area (Å²) in [6.45, 7) is 1.63. The molecule has 0 spiro atoms. The zero-order valence-corrected chi connectivity index (χ0v) is 19.2. The number of benzene rings is 1. The van der Waals surface area contributed by atoms with Crippen molar-refractivity contribution in [2.24, 2.45) is 17.8 Å². The topological polar surface area (TPSA) is 105 Å². The Hall–Kier alpha value is -2.12. The van der Waals surface area contributed by atoms with Crippen LogP contribution in [0.5, 0.6) is 5.75 Å². The fourth-order valence-corrected chi connectivity index (χ4v) is 5.38. The Balaban J connectivity index is 1.52. The number of aliphatic carboxylic acids is 1. The molecule has 7 nitrogen and oxygen atoms in total. The van der Waals surface area contributed by atoms with Gasteiger partial charge in [0.25, 0.3) is 0 Å². The molecule has 0 bridgehead atoms. The van der Waals surface area contributed by atoms with E-state index in [-0.39, 0.29) is 19.1 Å². The molecule has 0 aliphatic heterocycles. The SMILES string of the molecule is CNC(O)CCC1CCC2Cc3c(cccc3OCC(=O)OC(C)CCCC(=O)O)CC12. The molecule has 0 aromatic heterocycles. The van der Waals surface area contributed by atoms with E-state index < -0.39 is 18.2 Å². The number of rotatable bonds is 12. The fourth-order valence-electron chi connectivity index (χ4n) is 5.38. The number of fused-ring (bicyclic) bond motifs is 2. The molecule has 0 heterocycles. The summed E-state index contributed by atoms with van der Waals surface area (Å²) < 4.78 is 11.2. The lowest BCUT2D eigenvalue weighted by Crippen LogP contribution is -2.28. The van der Waals surface area contributed by atoms with Gasteiger partial charge in [-0.2, -0.15) is 0 Å². The Morgan fingerprint density at radius 1 is 1.22 bits per heavy atom. The van der Waals surface area contributed by atoms with Crippen molar-refractivity contribution in [1.29, 1.82) is 0 Å². The van der Waals surface area contributed by atoms with Crippen LogP contribution in [0.2, 0.25) is 0 Å². The van der Waals surface area contributed by atoms with Crippen LogP contribution < -0.4 is 10.1 Å². The van der Waals surface area contributed by atoms with Crippen molar-refractivity contribution in [2.75, 3.05) is 13.7 Å². The van der Waals surface area contributed by atoms with Gasteiger partial charge in [-0.15, -0.1) is 0 Å². The second-order valence-corrected chi connectivity index (χ2v) is 9.32. The summed E-state index contributed by atoms with van der Waals surface area (Å²) in [5.41, 5.74) is 2.52. The lowest BCUT2D eigenvalue weighted by molar-refractivity contribution is -0.150. The molecular formula is C25H37NO6. The first-order valence-electron chi connectivity index (χ1n) is 11.9. The van der Waals surface area contributed by atoms with Crippen LogP contribution in [0, 0.1) is 17.8 Å². The van der Waals surface area contributed by atoms with Gasteiger partial charge in [-0.3, -0.25) is 10.1 Å². The minimum atomic E-state index is -0.841. The van der Waals surface area contributed by atoms with E-state index in [1.807, 2.05) is 12.1 Å². The molecule has 1 aromatic carbocycles. The van der Waals surface area contributed by atoms with E-state index in [0.29, 0.717) is 30.6 Å². The van der Waals surface area contributed by atoms with E-state index in [9.17, 15) is 14.7 Å². The zero-order chi connectivity index (χ0) is 23.1. The van der Waals surface area contributed by atoms with E-state index in [0.717, 1.165) is 31.4 Å². The molecular weight excluding hydrogens is 410 g/mol. The van der Waals surface area contributed by atoms with Crippen LogP contribution in [0.1, 0.15) is 63.0 Å². The molecule has 2 aliphatic carbocycles. The molecule has 3 N–H and O–H groups in total. The van der Waals surface area contributed by atoms with Crippen molar-refractivity contribution in [3.05, 3.63) is 29.3 Å². The van der Waals surface area contributed by atoms with Gasteiger partial charge in [-0.05, 0) is 100 Å². The Bertz CT molecular complexity index is 782. The monoisotopic (exact) mass is 447 g/mol. The van der Waals surface area contributed by atoms with Gasteiger partial charge >= 0.3 is 11.9 Å². The Morgan fingerprint density at radius 2 is 2.03 bits per heavy atom. The molecule has 5 atom stereocenters. The van der Waals surface area contributed by atoms with Crippen molar-refractivity contribution in [3.8, 4) is 5.75 Å². The minimum Gasteiger partial charge on any atom is -0.482 e. The Labute approximate surface area is 190 Å². The number of hydrogen-bond donors (Lipinski definition) is 3. The number of carboxylic acids is 1. The number of esters is 1. The normalized spacial score (nSPS) is 23.7. The highest BCUT2D eigenvalue weighted by molar-refractivity contribution is 5.71. The molecule has 178 valence electrons. The quantitative estimate of drug-likeness (QED) is 0.333. The molecule has 7 heteroatoms. The molecule has 1 saturated carbocycles. The van der Waals surface area contributed by atoms with Crippen LogP contribution in [-0.2, 0) is 27.2 Å². The van der Waals surface area contributed by atoms with E-state index in [2.05, 4.69) is 11.4 Å². The van der Waals surface area contributed by atoms with Crippen molar-refractivity contribution < 1.29 is 29.3 Å². The summed E-state index contributed by atoms with van der Waals surface area (Å²) >= 11 is 0. The summed E-state index contributed by atoms with van der Waals surface area (Å²) in [6.07, 6.45) is 6.58. The van der Waals surface area contributed by atoms with Crippen molar-refractivity contribution in [3.63, 3.8) is 0 Å². The Kier molecular flexibility index (Phi) is 8.93. The van der Waals surface area contributed by atoms with Gasteiger partial charge < -0.3 is 19.7 Å². The van der Waals surface area contributed by atoms with Gasteiger partial charge in [0.15, 0.2) is 6.61 Å². The second kappa shape index (κ2) is 11.7. The van der Waals surface area contributed by atoms with Gasteiger partial charge in [-0.25, -0.2) is 4.79 Å². The largest absolute Gasteiger partial charge is 0.482 e. The maximum Gasteiger partial charge on any atom is 0.344 e. The van der Waals surface area contributed by atoms with Gasteiger partial charge in [-0.1, -0.05) is 12.1 Å². The molecule has 1 fully saturated rings.